The second kappa shape index (κ2) is 3.95. The molecule has 2 N–H and O–H groups in total. The van der Waals surface area contributed by atoms with E-state index in [1.54, 1.807) is 13.8 Å². The van der Waals surface area contributed by atoms with Crippen molar-refractivity contribution in [2.24, 2.45) is 8.80 Å². The largest absolute Gasteiger partial charge is 0.473 e. The van der Waals surface area contributed by atoms with Crippen molar-refractivity contribution in [3.63, 3.8) is 0 Å². The Balaban J connectivity index is 2.75. The Morgan fingerprint density at radius 3 is 1.77 bits per heavy atom. The highest BCUT2D eigenvalue weighted by Gasteiger charge is 2.27. The molecule has 0 saturated heterocycles. The van der Waals surface area contributed by atoms with Gasteiger partial charge in [-0.05, 0) is 13.8 Å². The first kappa shape index (κ1) is 10.3. The third-order valence-electron chi connectivity index (χ3n) is 1.16. The predicted molar refractivity (Wildman–Crippen MR) is 51.0 cm³/mol. The Morgan fingerprint density at radius 2 is 1.46 bits per heavy atom. The van der Waals surface area contributed by atoms with Crippen molar-refractivity contribution in [3.8, 4) is 0 Å². The minimum Gasteiger partial charge on any atom is -0.473 e. The molecule has 6 nitrogen and oxygen atoms in total. The van der Waals surface area contributed by atoms with Crippen LogP contribution in [0.15, 0.2) is 8.80 Å². The molecular formula is C6H12N2O4S. The average molecular weight is 208 g/mol. The first-order chi connectivity index (χ1) is 6.09. The number of hydrogen-bond donors (Lipinski definition) is 2. The van der Waals surface area contributed by atoms with Gasteiger partial charge in [0.25, 0.3) is 11.8 Å². The van der Waals surface area contributed by atoms with Gasteiger partial charge < -0.3 is 9.47 Å². The highest BCUT2D eigenvalue weighted by Crippen LogP contribution is 2.45. The summed E-state index contributed by atoms with van der Waals surface area (Å²) in [7, 11) is -3.26. The first-order valence-electron chi connectivity index (χ1n) is 3.83. The van der Waals surface area contributed by atoms with E-state index in [0.29, 0.717) is 13.2 Å². The van der Waals surface area contributed by atoms with E-state index in [2.05, 4.69) is 8.80 Å². The molecule has 0 fully saturated rings. The minimum atomic E-state index is -3.26. The highest BCUT2D eigenvalue weighted by atomic mass is 32.3. The quantitative estimate of drug-likeness (QED) is 0.719. The lowest BCUT2D eigenvalue weighted by Crippen LogP contribution is -2.17. The second-order valence-electron chi connectivity index (χ2n) is 2.15. The van der Waals surface area contributed by atoms with Gasteiger partial charge in [-0.15, -0.1) is 0 Å². The van der Waals surface area contributed by atoms with Crippen LogP contribution in [0, 0.1) is 0 Å². The number of hydrogen-bond acceptors (Lipinski definition) is 6. The van der Waals surface area contributed by atoms with Gasteiger partial charge in [-0.3, -0.25) is 9.11 Å². The molecule has 0 aromatic heterocycles. The molecule has 1 aliphatic rings. The van der Waals surface area contributed by atoms with Gasteiger partial charge in [-0.1, -0.05) is 8.80 Å². The summed E-state index contributed by atoms with van der Waals surface area (Å²) in [5.74, 6) is 0.119. The van der Waals surface area contributed by atoms with E-state index in [1.165, 1.54) is 0 Å². The van der Waals surface area contributed by atoms with Crippen molar-refractivity contribution in [2.45, 2.75) is 13.8 Å². The third-order valence-corrected chi connectivity index (χ3v) is 1.98. The zero-order chi connectivity index (χ0) is 9.90. The van der Waals surface area contributed by atoms with Crippen molar-refractivity contribution in [3.05, 3.63) is 0 Å². The van der Waals surface area contributed by atoms with Gasteiger partial charge in [-0.2, -0.15) is 0 Å². The Kier molecular flexibility index (Phi) is 3.12. The maximum absolute atomic E-state index is 9.09. The molecule has 7 heteroatoms. The summed E-state index contributed by atoms with van der Waals surface area (Å²) in [4.78, 5) is 0. The van der Waals surface area contributed by atoms with Crippen molar-refractivity contribution in [1.29, 1.82) is 0 Å². The summed E-state index contributed by atoms with van der Waals surface area (Å²) in [6, 6.07) is 0. The SMILES string of the molecule is CCOC1=NS(O)(O)N=C1OCC. The van der Waals surface area contributed by atoms with Crippen molar-refractivity contribution >= 4 is 22.8 Å². The summed E-state index contributed by atoms with van der Waals surface area (Å²) in [5.41, 5.74) is 0. The van der Waals surface area contributed by atoms with Crippen LogP contribution < -0.4 is 0 Å². The zero-order valence-corrected chi connectivity index (χ0v) is 8.24. The molecule has 0 aromatic carbocycles. The smallest absolute Gasteiger partial charge is 0.297 e. The predicted octanol–water partition coefficient (Wildman–Crippen LogP) is 1.45. The topological polar surface area (TPSA) is 83.6 Å². The van der Waals surface area contributed by atoms with E-state index >= 15 is 0 Å². The Bertz CT molecular complexity index is 227. The summed E-state index contributed by atoms with van der Waals surface area (Å²) in [6.07, 6.45) is 0. The van der Waals surface area contributed by atoms with Crippen LogP contribution in [-0.2, 0) is 9.47 Å². The Morgan fingerprint density at radius 1 is 1.08 bits per heavy atom. The van der Waals surface area contributed by atoms with Crippen LogP contribution >= 0.6 is 11.0 Å². The van der Waals surface area contributed by atoms with Gasteiger partial charge >= 0.3 is 0 Å². The van der Waals surface area contributed by atoms with E-state index in [-0.39, 0.29) is 11.8 Å². The zero-order valence-electron chi connectivity index (χ0n) is 7.43. The van der Waals surface area contributed by atoms with Gasteiger partial charge in [0.2, 0.25) is 0 Å². The lowest BCUT2D eigenvalue weighted by atomic mass is 10.6. The molecular weight excluding hydrogens is 196 g/mol. The molecule has 0 saturated carbocycles. The van der Waals surface area contributed by atoms with E-state index in [9.17, 15) is 0 Å². The molecule has 0 aliphatic carbocycles. The Labute approximate surface area is 77.9 Å². The van der Waals surface area contributed by atoms with Crippen LogP contribution in [0.1, 0.15) is 13.8 Å². The number of ether oxygens (including phenoxy) is 2. The summed E-state index contributed by atoms with van der Waals surface area (Å²) >= 11 is 0. The molecule has 0 atom stereocenters. The molecule has 1 heterocycles. The number of rotatable bonds is 2. The summed E-state index contributed by atoms with van der Waals surface area (Å²) in [6.45, 7) is 4.27. The normalized spacial score (nSPS) is 21.8. The van der Waals surface area contributed by atoms with Crippen molar-refractivity contribution < 1.29 is 18.6 Å². The molecule has 13 heavy (non-hydrogen) atoms. The van der Waals surface area contributed by atoms with Gasteiger partial charge in [0.05, 0.1) is 13.2 Å². The van der Waals surface area contributed by atoms with Crippen LogP contribution in [0.4, 0.5) is 0 Å². The Hall–Kier alpha value is -0.790. The van der Waals surface area contributed by atoms with Crippen molar-refractivity contribution in [2.75, 3.05) is 13.2 Å². The first-order valence-corrected chi connectivity index (χ1v) is 5.29. The summed E-state index contributed by atoms with van der Waals surface area (Å²) in [5, 5.41) is 0. The van der Waals surface area contributed by atoms with Crippen LogP contribution in [0.3, 0.4) is 0 Å². The van der Waals surface area contributed by atoms with Gasteiger partial charge in [-0.25, -0.2) is 0 Å². The van der Waals surface area contributed by atoms with Gasteiger partial charge in [0.1, 0.15) is 0 Å². The van der Waals surface area contributed by atoms with E-state index in [0.717, 1.165) is 0 Å². The molecule has 1 rings (SSSR count). The minimum absolute atomic E-state index is 0.0596. The maximum atomic E-state index is 9.09. The lowest BCUT2D eigenvalue weighted by Gasteiger charge is -2.13. The fraction of sp³-hybridized carbons (Fsp3) is 0.667. The molecule has 0 bridgehead atoms. The van der Waals surface area contributed by atoms with Crippen LogP contribution in [0.25, 0.3) is 0 Å². The summed E-state index contributed by atoms with van der Waals surface area (Å²) < 4.78 is 35.1. The van der Waals surface area contributed by atoms with E-state index < -0.39 is 11.0 Å². The number of nitrogens with zero attached hydrogens (tertiary/aromatic N) is 2. The third kappa shape index (κ3) is 2.58. The van der Waals surface area contributed by atoms with E-state index in [1.807, 2.05) is 0 Å². The molecule has 0 amide bonds. The van der Waals surface area contributed by atoms with Crippen molar-refractivity contribution in [1.82, 2.24) is 0 Å². The molecule has 1 aliphatic heterocycles. The molecule has 76 valence electrons. The van der Waals surface area contributed by atoms with E-state index in [4.69, 9.17) is 18.6 Å². The lowest BCUT2D eigenvalue weighted by molar-refractivity contribution is 0.298. The standard InChI is InChI=1S/C6H12N2O4S/c1-3-11-5-6(12-4-2)8-13(9,10)7-5/h9-10H,3-4H2,1-2H3. The van der Waals surface area contributed by atoms with Gasteiger partial charge in [0.15, 0.2) is 0 Å². The maximum Gasteiger partial charge on any atom is 0.297 e. The monoisotopic (exact) mass is 208 g/mol. The molecule has 0 radical (unpaired) electrons. The van der Waals surface area contributed by atoms with Crippen LogP contribution in [-0.4, -0.2) is 34.1 Å². The fourth-order valence-electron chi connectivity index (χ4n) is 0.771. The fourth-order valence-corrected chi connectivity index (χ4v) is 1.52. The second-order valence-corrected chi connectivity index (χ2v) is 3.49. The van der Waals surface area contributed by atoms with Crippen LogP contribution in [0.5, 0.6) is 0 Å². The van der Waals surface area contributed by atoms with Gasteiger partial charge in [0, 0.05) is 11.0 Å². The molecule has 0 unspecified atom stereocenters. The molecule has 0 aromatic rings. The van der Waals surface area contributed by atoms with Crippen LogP contribution in [0.2, 0.25) is 0 Å². The highest BCUT2D eigenvalue weighted by molar-refractivity contribution is 8.22. The average Bonchev–Trinajstić information content (AvgIpc) is 2.28. The molecule has 0 spiro atoms.